The van der Waals surface area contributed by atoms with E-state index >= 15 is 0 Å². The number of rotatable bonds is 6. The summed E-state index contributed by atoms with van der Waals surface area (Å²) in [6.07, 6.45) is 0. The van der Waals surface area contributed by atoms with Crippen molar-refractivity contribution in [2.75, 3.05) is 40.0 Å². The van der Waals surface area contributed by atoms with Crippen LogP contribution in [-0.4, -0.2) is 50.8 Å². The Morgan fingerprint density at radius 1 is 1.14 bits per heavy atom. The molecular formula is C20H21Cl3N2O3. The van der Waals surface area contributed by atoms with Crippen LogP contribution in [0.2, 0.25) is 15.1 Å². The van der Waals surface area contributed by atoms with E-state index in [1.54, 1.807) is 12.1 Å². The van der Waals surface area contributed by atoms with Gasteiger partial charge in [0.15, 0.2) is 5.75 Å². The third-order valence-corrected chi connectivity index (χ3v) is 5.58. The van der Waals surface area contributed by atoms with Gasteiger partial charge in [0.2, 0.25) is 0 Å². The topological polar surface area (TPSA) is 50.8 Å². The van der Waals surface area contributed by atoms with E-state index in [4.69, 9.17) is 44.3 Å². The second-order valence-corrected chi connectivity index (χ2v) is 7.59. The van der Waals surface area contributed by atoms with Gasteiger partial charge in [-0.25, -0.2) is 0 Å². The van der Waals surface area contributed by atoms with Gasteiger partial charge in [0, 0.05) is 30.2 Å². The molecular weight excluding hydrogens is 423 g/mol. The lowest BCUT2D eigenvalue weighted by Crippen LogP contribution is -2.44. The Labute approximate surface area is 179 Å². The SMILES string of the molecule is COc1c(Cl)cc(C(=O)NCC(c2ccccc2Cl)N2CCOCC2)cc1Cl. The minimum Gasteiger partial charge on any atom is -0.494 e. The van der Waals surface area contributed by atoms with E-state index in [9.17, 15) is 4.79 Å². The normalized spacial score (nSPS) is 15.9. The molecule has 8 heteroatoms. The molecule has 2 aromatic carbocycles. The highest BCUT2D eigenvalue weighted by Gasteiger charge is 2.25. The molecule has 0 radical (unpaired) electrons. The quantitative estimate of drug-likeness (QED) is 0.716. The number of hydrogen-bond acceptors (Lipinski definition) is 4. The zero-order valence-electron chi connectivity index (χ0n) is 15.4. The zero-order chi connectivity index (χ0) is 20.1. The molecule has 2 aromatic rings. The number of benzene rings is 2. The van der Waals surface area contributed by atoms with Gasteiger partial charge in [0.1, 0.15) is 0 Å². The van der Waals surface area contributed by atoms with Crippen molar-refractivity contribution in [1.29, 1.82) is 0 Å². The first-order valence-corrected chi connectivity index (χ1v) is 10.0. The lowest BCUT2D eigenvalue weighted by molar-refractivity contribution is 0.0162. The maximum atomic E-state index is 12.7. The Morgan fingerprint density at radius 3 is 2.39 bits per heavy atom. The summed E-state index contributed by atoms with van der Waals surface area (Å²) in [5, 5.41) is 4.22. The summed E-state index contributed by atoms with van der Waals surface area (Å²) in [4.78, 5) is 15.0. The number of nitrogens with one attached hydrogen (secondary N) is 1. The maximum Gasteiger partial charge on any atom is 0.251 e. The van der Waals surface area contributed by atoms with Gasteiger partial charge in [0.25, 0.3) is 5.91 Å². The molecule has 0 aliphatic carbocycles. The van der Waals surface area contributed by atoms with Crippen molar-refractivity contribution in [1.82, 2.24) is 10.2 Å². The highest BCUT2D eigenvalue weighted by molar-refractivity contribution is 6.37. The number of methoxy groups -OCH3 is 1. The van der Waals surface area contributed by atoms with Crippen LogP contribution in [-0.2, 0) is 4.74 Å². The minimum atomic E-state index is -0.267. The Bertz CT molecular complexity index is 818. The van der Waals surface area contributed by atoms with Crippen molar-refractivity contribution in [2.45, 2.75) is 6.04 Å². The van der Waals surface area contributed by atoms with E-state index in [-0.39, 0.29) is 22.0 Å². The molecule has 1 unspecified atom stereocenters. The fraction of sp³-hybridized carbons (Fsp3) is 0.350. The van der Waals surface area contributed by atoms with Gasteiger partial charge in [-0.2, -0.15) is 0 Å². The predicted molar refractivity (Wildman–Crippen MR) is 112 cm³/mol. The smallest absolute Gasteiger partial charge is 0.251 e. The van der Waals surface area contributed by atoms with E-state index in [1.807, 2.05) is 24.3 Å². The first-order chi connectivity index (χ1) is 13.5. The van der Waals surface area contributed by atoms with Crippen molar-refractivity contribution < 1.29 is 14.3 Å². The van der Waals surface area contributed by atoms with Gasteiger partial charge in [0.05, 0.1) is 36.4 Å². The van der Waals surface area contributed by atoms with Crippen molar-refractivity contribution in [2.24, 2.45) is 0 Å². The number of morpholine rings is 1. The first-order valence-electron chi connectivity index (χ1n) is 8.88. The van der Waals surface area contributed by atoms with Crippen LogP contribution in [0.3, 0.4) is 0 Å². The molecule has 0 saturated carbocycles. The summed E-state index contributed by atoms with van der Waals surface area (Å²) in [6.45, 7) is 3.24. The Hall–Kier alpha value is -1.50. The van der Waals surface area contributed by atoms with E-state index in [2.05, 4.69) is 10.2 Å². The summed E-state index contributed by atoms with van der Waals surface area (Å²) < 4.78 is 10.6. The molecule has 1 aliphatic heterocycles. The average Bonchev–Trinajstić information content (AvgIpc) is 2.70. The molecule has 1 atom stereocenters. The summed E-state index contributed by atoms with van der Waals surface area (Å²) in [5.74, 6) is 0.0823. The second kappa shape index (κ2) is 9.81. The van der Waals surface area contributed by atoms with E-state index in [0.29, 0.717) is 36.1 Å². The summed E-state index contributed by atoms with van der Waals surface area (Å²) in [6, 6.07) is 10.7. The van der Waals surface area contributed by atoms with Crippen molar-refractivity contribution >= 4 is 40.7 Å². The van der Waals surface area contributed by atoms with Crippen LogP contribution in [0.25, 0.3) is 0 Å². The maximum absolute atomic E-state index is 12.7. The molecule has 1 amide bonds. The highest BCUT2D eigenvalue weighted by atomic mass is 35.5. The van der Waals surface area contributed by atoms with Gasteiger partial charge in [-0.1, -0.05) is 53.0 Å². The standard InChI is InChI=1S/C20H21Cl3N2O3/c1-27-19-16(22)10-13(11-17(19)23)20(26)24-12-18(25-6-8-28-9-7-25)14-4-2-3-5-15(14)21/h2-5,10-11,18H,6-9,12H2,1H3,(H,24,26). The molecule has 150 valence electrons. The lowest BCUT2D eigenvalue weighted by atomic mass is 10.0. The third kappa shape index (κ3) is 4.91. The highest BCUT2D eigenvalue weighted by Crippen LogP contribution is 2.34. The lowest BCUT2D eigenvalue weighted by Gasteiger charge is -2.35. The van der Waals surface area contributed by atoms with Crippen LogP contribution < -0.4 is 10.1 Å². The number of nitrogens with zero attached hydrogens (tertiary/aromatic N) is 1. The number of carbonyl (C=O) groups excluding carboxylic acids is 1. The first kappa shape index (κ1) is 21.2. The monoisotopic (exact) mass is 442 g/mol. The molecule has 1 N–H and O–H groups in total. The van der Waals surface area contributed by atoms with Crippen molar-refractivity contribution in [3.05, 3.63) is 62.6 Å². The largest absolute Gasteiger partial charge is 0.494 e. The van der Waals surface area contributed by atoms with Crippen LogP contribution in [0.15, 0.2) is 36.4 Å². The number of amides is 1. The van der Waals surface area contributed by atoms with Crippen LogP contribution >= 0.6 is 34.8 Å². The summed E-state index contributed by atoms with van der Waals surface area (Å²) >= 11 is 18.7. The number of hydrogen-bond donors (Lipinski definition) is 1. The van der Waals surface area contributed by atoms with Gasteiger partial charge in [-0.15, -0.1) is 0 Å². The molecule has 1 aliphatic rings. The van der Waals surface area contributed by atoms with E-state index in [1.165, 1.54) is 7.11 Å². The van der Waals surface area contributed by atoms with Gasteiger partial charge in [-0.3, -0.25) is 9.69 Å². The number of halogens is 3. The molecule has 0 spiro atoms. The summed E-state index contributed by atoms with van der Waals surface area (Å²) in [7, 11) is 1.48. The van der Waals surface area contributed by atoms with Crippen molar-refractivity contribution in [3.63, 3.8) is 0 Å². The zero-order valence-corrected chi connectivity index (χ0v) is 17.7. The summed E-state index contributed by atoms with van der Waals surface area (Å²) in [5.41, 5.74) is 1.34. The van der Waals surface area contributed by atoms with Crippen LogP contribution in [0.1, 0.15) is 22.0 Å². The molecule has 1 heterocycles. The van der Waals surface area contributed by atoms with Crippen molar-refractivity contribution in [3.8, 4) is 5.75 Å². The van der Waals surface area contributed by atoms with Gasteiger partial charge >= 0.3 is 0 Å². The van der Waals surface area contributed by atoms with Gasteiger partial charge < -0.3 is 14.8 Å². The molecule has 1 saturated heterocycles. The second-order valence-electron chi connectivity index (χ2n) is 6.37. The number of ether oxygens (including phenoxy) is 2. The minimum absolute atomic E-state index is 0.0641. The Balaban J connectivity index is 1.78. The predicted octanol–water partition coefficient (Wildman–Crippen LogP) is 4.46. The van der Waals surface area contributed by atoms with Crippen LogP contribution in [0.4, 0.5) is 0 Å². The molecule has 0 bridgehead atoms. The van der Waals surface area contributed by atoms with E-state index < -0.39 is 0 Å². The Morgan fingerprint density at radius 2 is 1.79 bits per heavy atom. The molecule has 28 heavy (non-hydrogen) atoms. The number of carbonyl (C=O) groups is 1. The molecule has 3 rings (SSSR count). The fourth-order valence-corrected chi connectivity index (χ4v) is 4.15. The average molecular weight is 444 g/mol. The third-order valence-electron chi connectivity index (χ3n) is 4.67. The molecule has 0 aromatic heterocycles. The van der Waals surface area contributed by atoms with Crippen LogP contribution in [0, 0.1) is 0 Å². The van der Waals surface area contributed by atoms with Crippen LogP contribution in [0.5, 0.6) is 5.75 Å². The molecule has 1 fully saturated rings. The van der Waals surface area contributed by atoms with Gasteiger partial charge in [-0.05, 0) is 23.8 Å². The molecule has 5 nitrogen and oxygen atoms in total. The van der Waals surface area contributed by atoms with E-state index in [0.717, 1.165) is 18.7 Å². The Kier molecular flexibility index (Phi) is 7.43. The fourth-order valence-electron chi connectivity index (χ4n) is 3.25.